The van der Waals surface area contributed by atoms with Crippen LogP contribution in [0.3, 0.4) is 0 Å². The zero-order chi connectivity index (χ0) is 57.6. The normalized spacial score (nSPS) is 13.6. The zero-order valence-corrected chi connectivity index (χ0v) is 47.3. The maximum atomic E-state index is 12.4. The van der Waals surface area contributed by atoms with Crippen molar-refractivity contribution in [1.82, 2.24) is 29.1 Å². The third-order valence-corrected chi connectivity index (χ3v) is 13.6. The first-order chi connectivity index (χ1) is 38.2. The molecule has 3 amide bonds. The molecule has 2 aliphatic heterocycles. The zero-order valence-electron chi connectivity index (χ0n) is 45.7. The Bertz CT molecular complexity index is 3310. The SMILES string of the molecule is C=CC(=O)Nc1cccc(Nc2nc(Nc3ccc(N4CCN(S(C)(=O)=O)CC4)cc3OC)ncc2C)c1.C=CC(=O)Nc1cccc(Oc2nc(Nc3ccc(N4CCN(C(=O)OC(C)(C)C)CC4)cc3OCC)ncc2Cl)c1. The van der Waals surface area contributed by atoms with E-state index in [0.29, 0.717) is 111 Å². The Morgan fingerprint density at radius 1 is 0.713 bits per heavy atom. The van der Waals surface area contributed by atoms with E-state index >= 15 is 0 Å². The number of amides is 3. The van der Waals surface area contributed by atoms with Gasteiger partial charge in [-0.1, -0.05) is 36.9 Å². The van der Waals surface area contributed by atoms with Crippen LogP contribution in [-0.2, 0) is 24.3 Å². The van der Waals surface area contributed by atoms with Gasteiger partial charge in [0.1, 0.15) is 33.7 Å². The van der Waals surface area contributed by atoms with Gasteiger partial charge < -0.3 is 60.2 Å². The van der Waals surface area contributed by atoms with Gasteiger partial charge in [0.2, 0.25) is 39.6 Å². The smallest absolute Gasteiger partial charge is 0.410 e. The molecule has 8 rings (SSSR count). The van der Waals surface area contributed by atoms with Crippen LogP contribution in [0.25, 0.3) is 0 Å². The van der Waals surface area contributed by atoms with Gasteiger partial charge in [-0.3, -0.25) is 9.59 Å². The first kappa shape index (κ1) is 59.0. The van der Waals surface area contributed by atoms with Crippen molar-refractivity contribution in [3.05, 3.63) is 133 Å². The summed E-state index contributed by atoms with van der Waals surface area (Å²) in [5, 5.41) is 15.3. The average molecular weight is 1130 g/mol. The van der Waals surface area contributed by atoms with Crippen molar-refractivity contribution >= 4 is 97.1 Å². The van der Waals surface area contributed by atoms with Crippen molar-refractivity contribution in [1.29, 1.82) is 0 Å². The lowest BCUT2D eigenvalue weighted by Crippen LogP contribution is -2.50. The number of carbonyl (C=O) groups is 3. The molecule has 2 aliphatic rings. The Labute approximate surface area is 471 Å². The Morgan fingerprint density at radius 2 is 1.26 bits per heavy atom. The largest absolute Gasteiger partial charge is 0.494 e. The van der Waals surface area contributed by atoms with E-state index in [-0.39, 0.29) is 34.8 Å². The Morgan fingerprint density at radius 3 is 1.85 bits per heavy atom. The molecule has 0 atom stereocenters. The predicted molar refractivity (Wildman–Crippen MR) is 314 cm³/mol. The van der Waals surface area contributed by atoms with Gasteiger partial charge in [-0.05, 0) is 101 Å². The van der Waals surface area contributed by atoms with Crippen LogP contribution in [0.2, 0.25) is 5.02 Å². The second kappa shape index (κ2) is 26.8. The number of halogens is 1. The molecule has 6 aromatic rings. The molecule has 2 saturated heterocycles. The van der Waals surface area contributed by atoms with Crippen molar-refractivity contribution in [2.45, 2.75) is 40.2 Å². The summed E-state index contributed by atoms with van der Waals surface area (Å²) in [4.78, 5) is 59.5. The maximum Gasteiger partial charge on any atom is 0.410 e. The van der Waals surface area contributed by atoms with Crippen LogP contribution < -0.4 is 50.6 Å². The third-order valence-electron chi connectivity index (χ3n) is 12.1. The molecule has 22 nitrogen and oxygen atoms in total. The van der Waals surface area contributed by atoms with E-state index in [1.807, 2.05) is 83.1 Å². The second-order valence-corrected chi connectivity index (χ2v) is 21.5. The summed E-state index contributed by atoms with van der Waals surface area (Å²) in [5.74, 6) is 2.41. The molecular weight excluding hydrogens is 1070 g/mol. The van der Waals surface area contributed by atoms with Crippen molar-refractivity contribution in [3.63, 3.8) is 0 Å². The number of aryl methyl sites for hydroxylation is 1. The number of hydrogen-bond donors (Lipinski definition) is 5. The van der Waals surface area contributed by atoms with Crippen LogP contribution in [0, 0.1) is 6.92 Å². The average Bonchev–Trinajstić information content (AvgIpc) is 3.43. The fourth-order valence-corrected chi connectivity index (χ4v) is 9.07. The predicted octanol–water partition coefficient (Wildman–Crippen LogP) is 9.73. The van der Waals surface area contributed by atoms with Crippen LogP contribution in [-0.4, -0.2) is 133 Å². The van der Waals surface area contributed by atoms with Crippen molar-refractivity contribution in [2.24, 2.45) is 0 Å². The van der Waals surface area contributed by atoms with E-state index in [0.717, 1.165) is 22.6 Å². The molecule has 80 heavy (non-hydrogen) atoms. The van der Waals surface area contributed by atoms with Gasteiger partial charge in [-0.2, -0.15) is 14.3 Å². The number of aromatic nitrogens is 4. The lowest BCUT2D eigenvalue weighted by molar-refractivity contribution is -0.112. The number of nitrogens with one attached hydrogen (secondary N) is 5. The molecule has 0 saturated carbocycles. The van der Waals surface area contributed by atoms with Crippen LogP contribution in [0.15, 0.2) is 123 Å². The molecule has 4 aromatic carbocycles. The minimum atomic E-state index is -3.19. The van der Waals surface area contributed by atoms with Gasteiger partial charge in [0, 0.05) is 111 Å². The molecule has 2 fully saturated rings. The number of methoxy groups -OCH3 is 1. The molecule has 24 heteroatoms. The van der Waals surface area contributed by atoms with Crippen LogP contribution in [0.1, 0.15) is 33.3 Å². The minimum absolute atomic E-state index is 0.138. The Kier molecular flexibility index (Phi) is 19.8. The van der Waals surface area contributed by atoms with E-state index in [4.69, 9.17) is 30.5 Å². The highest BCUT2D eigenvalue weighted by molar-refractivity contribution is 7.88. The highest BCUT2D eigenvalue weighted by atomic mass is 35.5. The van der Waals surface area contributed by atoms with Crippen LogP contribution >= 0.6 is 11.6 Å². The number of nitrogens with zero attached hydrogens (tertiary/aromatic N) is 8. The van der Waals surface area contributed by atoms with Gasteiger partial charge in [-0.25, -0.2) is 23.2 Å². The van der Waals surface area contributed by atoms with Crippen molar-refractivity contribution in [2.75, 3.05) is 109 Å². The molecule has 4 heterocycles. The highest BCUT2D eigenvalue weighted by Gasteiger charge is 2.27. The molecule has 5 N–H and O–H groups in total. The summed E-state index contributed by atoms with van der Waals surface area (Å²) in [6, 6.07) is 25.7. The summed E-state index contributed by atoms with van der Waals surface area (Å²) in [7, 11) is -1.60. The summed E-state index contributed by atoms with van der Waals surface area (Å²) in [6.45, 7) is 21.3. The van der Waals surface area contributed by atoms with Gasteiger partial charge in [0.05, 0.1) is 37.5 Å². The van der Waals surface area contributed by atoms with E-state index in [1.54, 1.807) is 54.6 Å². The number of anilines is 10. The second-order valence-electron chi connectivity index (χ2n) is 19.1. The van der Waals surface area contributed by atoms with E-state index in [9.17, 15) is 22.8 Å². The number of benzene rings is 4. The summed E-state index contributed by atoms with van der Waals surface area (Å²) in [5.41, 5.74) is 5.49. The highest BCUT2D eigenvalue weighted by Crippen LogP contribution is 2.36. The summed E-state index contributed by atoms with van der Waals surface area (Å²) in [6.07, 6.45) is 6.49. The van der Waals surface area contributed by atoms with Gasteiger partial charge in [0.15, 0.2) is 0 Å². The summed E-state index contributed by atoms with van der Waals surface area (Å²) < 4.78 is 48.1. The molecule has 0 radical (unpaired) electrons. The number of carbonyl (C=O) groups excluding carboxylic acids is 3. The van der Waals surface area contributed by atoms with E-state index in [2.05, 4.69) is 69.5 Å². The Hall–Kier alpha value is -8.67. The number of piperazine rings is 2. The lowest BCUT2D eigenvalue weighted by atomic mass is 10.2. The maximum absolute atomic E-state index is 12.4. The lowest BCUT2D eigenvalue weighted by Gasteiger charge is -2.37. The Balaban J connectivity index is 0.000000232. The van der Waals surface area contributed by atoms with Gasteiger partial charge in [0.25, 0.3) is 0 Å². The van der Waals surface area contributed by atoms with Gasteiger partial charge >= 0.3 is 6.09 Å². The molecule has 0 aliphatic carbocycles. The third kappa shape index (κ3) is 16.7. The van der Waals surface area contributed by atoms with Crippen molar-refractivity contribution < 1.29 is 41.7 Å². The summed E-state index contributed by atoms with van der Waals surface area (Å²) >= 11 is 6.32. The van der Waals surface area contributed by atoms with E-state index < -0.39 is 15.6 Å². The molecule has 2 aromatic heterocycles. The standard InChI is InChI=1S/C30H35ClN6O5.C26H31N7O4S/c1-6-26(38)33-20-9-8-10-22(17-20)41-27-23(31)19-32-28(35-27)34-24-12-11-21(18-25(24)40-7-2)36-13-15-37(16-14-36)29(39)42-30(3,4)5;1-5-24(34)28-19-7-6-8-20(15-19)29-25-18(2)17-27-26(31-25)30-22-10-9-21(16-23(22)37-3)32-11-13-33(14-12-32)38(4,35)36/h6,8-12,17-19H,1,7,13-16H2,2-5H3,(H,33,38)(H,32,34,35);5-10,15-17H,1,11-14H2,2-4H3,(H,28,34)(H2,27,29,30,31). The fraction of sp³-hybridized carbons (Fsp3) is 0.304. The van der Waals surface area contributed by atoms with Crippen molar-refractivity contribution in [3.8, 4) is 23.1 Å². The molecule has 422 valence electrons. The van der Waals surface area contributed by atoms with Gasteiger partial charge in [-0.15, -0.1) is 0 Å². The quantitative estimate of drug-likeness (QED) is 0.0503. The molecular formula is C56H66ClN13O9S. The number of sulfonamides is 1. The monoisotopic (exact) mass is 1130 g/mol. The molecule has 0 spiro atoms. The fourth-order valence-electron chi connectivity index (χ4n) is 8.12. The van der Waals surface area contributed by atoms with Crippen LogP contribution in [0.5, 0.6) is 23.1 Å². The van der Waals surface area contributed by atoms with E-state index in [1.165, 1.54) is 28.9 Å². The number of rotatable bonds is 18. The molecule has 0 unspecified atom stereocenters. The number of ether oxygens (including phenoxy) is 4. The minimum Gasteiger partial charge on any atom is -0.494 e. The molecule has 0 bridgehead atoms. The first-order valence-electron chi connectivity index (χ1n) is 25.5. The van der Waals surface area contributed by atoms with Crippen LogP contribution in [0.4, 0.5) is 62.3 Å². The number of hydrogen-bond acceptors (Lipinski definition) is 18. The topological polar surface area (TPSA) is 247 Å². The first-order valence-corrected chi connectivity index (χ1v) is 27.7.